The van der Waals surface area contributed by atoms with Gasteiger partial charge in [-0.25, -0.2) is 0 Å². The Morgan fingerprint density at radius 3 is 2.67 bits per heavy atom. The van der Waals surface area contributed by atoms with E-state index < -0.39 is 0 Å². The van der Waals surface area contributed by atoms with E-state index >= 15 is 0 Å². The zero-order valence-electron chi connectivity index (χ0n) is 9.74. The molecule has 15 heavy (non-hydrogen) atoms. The molecule has 2 N–H and O–H groups in total. The van der Waals surface area contributed by atoms with Crippen molar-refractivity contribution in [3.8, 4) is 6.07 Å². The van der Waals surface area contributed by atoms with Crippen molar-refractivity contribution in [2.24, 2.45) is 11.8 Å². The largest absolute Gasteiger partial charge is 0.396 e. The first kappa shape index (κ1) is 12.5. The molecule has 3 heteroatoms. The van der Waals surface area contributed by atoms with Gasteiger partial charge in [-0.05, 0) is 25.7 Å². The lowest BCUT2D eigenvalue weighted by atomic mass is 9.84. The number of aliphatic hydroxyl groups is 1. The molecule has 1 aliphatic carbocycles. The lowest BCUT2D eigenvalue weighted by Crippen LogP contribution is -2.45. The van der Waals surface area contributed by atoms with Crippen molar-refractivity contribution in [3.05, 3.63) is 0 Å². The van der Waals surface area contributed by atoms with Gasteiger partial charge >= 0.3 is 0 Å². The number of nitrogens with one attached hydrogen (secondary N) is 1. The summed E-state index contributed by atoms with van der Waals surface area (Å²) in [5.74, 6) is 0.415. The Kier molecular flexibility index (Phi) is 5.07. The van der Waals surface area contributed by atoms with Crippen LogP contribution in [0.3, 0.4) is 0 Å². The first-order chi connectivity index (χ1) is 7.19. The van der Waals surface area contributed by atoms with Crippen LogP contribution in [-0.2, 0) is 0 Å². The van der Waals surface area contributed by atoms with Crippen LogP contribution in [0.15, 0.2) is 0 Å². The zero-order valence-corrected chi connectivity index (χ0v) is 9.74. The summed E-state index contributed by atoms with van der Waals surface area (Å²) in [4.78, 5) is 0. The highest BCUT2D eigenvalue weighted by molar-refractivity contribution is 4.95. The van der Waals surface area contributed by atoms with E-state index in [2.05, 4.69) is 18.3 Å². The molecule has 0 aromatic carbocycles. The Hall–Kier alpha value is -0.590. The summed E-state index contributed by atoms with van der Waals surface area (Å²) in [6.07, 6.45) is 4.52. The summed E-state index contributed by atoms with van der Waals surface area (Å²) in [6.45, 7) is 4.32. The third-order valence-electron chi connectivity index (χ3n) is 3.55. The molecule has 0 bridgehead atoms. The van der Waals surface area contributed by atoms with E-state index in [0.29, 0.717) is 6.04 Å². The van der Waals surface area contributed by atoms with E-state index in [0.717, 1.165) is 12.8 Å². The highest BCUT2D eigenvalue weighted by Crippen LogP contribution is 2.24. The highest BCUT2D eigenvalue weighted by atomic mass is 16.3. The molecule has 86 valence electrons. The normalized spacial score (nSPS) is 30.5. The smallest absolute Gasteiger partial charge is 0.0672 e. The van der Waals surface area contributed by atoms with Crippen molar-refractivity contribution in [3.63, 3.8) is 0 Å². The molecular weight excluding hydrogens is 188 g/mol. The van der Waals surface area contributed by atoms with Crippen molar-refractivity contribution in [1.82, 2.24) is 5.32 Å². The Balaban J connectivity index is 2.45. The average Bonchev–Trinajstić information content (AvgIpc) is 2.28. The molecule has 1 fully saturated rings. The molecule has 1 rings (SSSR count). The number of nitriles is 1. The van der Waals surface area contributed by atoms with Crippen LogP contribution < -0.4 is 5.32 Å². The molecule has 0 aromatic heterocycles. The molecule has 0 aliphatic heterocycles. The molecule has 0 radical (unpaired) electrons. The summed E-state index contributed by atoms with van der Waals surface area (Å²) in [5, 5.41) is 21.6. The quantitative estimate of drug-likeness (QED) is 0.742. The van der Waals surface area contributed by atoms with Gasteiger partial charge < -0.3 is 10.4 Å². The molecule has 0 aromatic rings. The second kappa shape index (κ2) is 6.09. The SMILES string of the molecule is CC(CO)C(C)NC1CCCCC1C#N. The van der Waals surface area contributed by atoms with E-state index in [-0.39, 0.29) is 24.5 Å². The first-order valence-corrected chi connectivity index (χ1v) is 5.95. The predicted octanol–water partition coefficient (Wildman–Crippen LogP) is 1.68. The van der Waals surface area contributed by atoms with E-state index in [9.17, 15) is 0 Å². The molecule has 1 saturated carbocycles. The van der Waals surface area contributed by atoms with Crippen LogP contribution in [0.5, 0.6) is 0 Å². The summed E-state index contributed by atoms with van der Waals surface area (Å²) in [6, 6.07) is 3.00. The maximum absolute atomic E-state index is 9.05. The van der Waals surface area contributed by atoms with Crippen LogP contribution in [0.2, 0.25) is 0 Å². The minimum absolute atomic E-state index is 0.159. The van der Waals surface area contributed by atoms with Crippen LogP contribution in [0, 0.1) is 23.2 Å². The lowest BCUT2D eigenvalue weighted by molar-refractivity contribution is 0.186. The average molecular weight is 210 g/mol. The molecule has 3 nitrogen and oxygen atoms in total. The number of nitrogens with zero attached hydrogens (tertiary/aromatic N) is 1. The molecule has 0 spiro atoms. The van der Waals surface area contributed by atoms with Crippen LogP contribution in [-0.4, -0.2) is 23.8 Å². The van der Waals surface area contributed by atoms with Crippen molar-refractivity contribution in [2.75, 3.05) is 6.61 Å². The third-order valence-corrected chi connectivity index (χ3v) is 3.55. The summed E-state index contributed by atoms with van der Waals surface area (Å²) >= 11 is 0. The Bertz CT molecular complexity index is 224. The maximum atomic E-state index is 9.05. The molecule has 4 atom stereocenters. The standard InChI is InChI=1S/C12H22N2O/c1-9(8-15)10(2)14-12-6-4-3-5-11(12)7-13/h9-12,14-15H,3-6,8H2,1-2H3. The minimum Gasteiger partial charge on any atom is -0.396 e. The monoisotopic (exact) mass is 210 g/mol. The molecule has 4 unspecified atom stereocenters. The Morgan fingerprint density at radius 1 is 1.40 bits per heavy atom. The zero-order chi connectivity index (χ0) is 11.3. The van der Waals surface area contributed by atoms with Gasteiger partial charge in [-0.1, -0.05) is 19.8 Å². The van der Waals surface area contributed by atoms with Crippen LogP contribution in [0.25, 0.3) is 0 Å². The summed E-state index contributed by atoms with van der Waals surface area (Å²) in [5.41, 5.74) is 0. The first-order valence-electron chi connectivity index (χ1n) is 5.95. The topological polar surface area (TPSA) is 56.0 Å². The predicted molar refractivity (Wildman–Crippen MR) is 60.2 cm³/mol. The van der Waals surface area contributed by atoms with E-state index in [4.69, 9.17) is 10.4 Å². The van der Waals surface area contributed by atoms with Gasteiger partial charge in [0.2, 0.25) is 0 Å². The Labute approximate surface area is 92.5 Å². The number of rotatable bonds is 4. The van der Waals surface area contributed by atoms with Gasteiger partial charge in [-0.3, -0.25) is 0 Å². The second-order valence-electron chi connectivity index (χ2n) is 4.74. The second-order valence-corrected chi connectivity index (χ2v) is 4.74. The van der Waals surface area contributed by atoms with Crippen LogP contribution in [0.1, 0.15) is 39.5 Å². The van der Waals surface area contributed by atoms with E-state index in [1.807, 2.05) is 6.92 Å². The van der Waals surface area contributed by atoms with Crippen LogP contribution in [0.4, 0.5) is 0 Å². The molecule has 1 aliphatic rings. The van der Waals surface area contributed by atoms with Crippen molar-refractivity contribution in [1.29, 1.82) is 5.26 Å². The van der Waals surface area contributed by atoms with Gasteiger partial charge in [-0.15, -0.1) is 0 Å². The third kappa shape index (κ3) is 3.48. The van der Waals surface area contributed by atoms with Gasteiger partial charge in [0.1, 0.15) is 0 Å². The fourth-order valence-electron chi connectivity index (χ4n) is 2.14. The lowest BCUT2D eigenvalue weighted by Gasteiger charge is -2.32. The van der Waals surface area contributed by atoms with Crippen molar-refractivity contribution >= 4 is 0 Å². The van der Waals surface area contributed by atoms with E-state index in [1.54, 1.807) is 0 Å². The van der Waals surface area contributed by atoms with Crippen LogP contribution >= 0.6 is 0 Å². The van der Waals surface area contributed by atoms with Gasteiger partial charge in [-0.2, -0.15) is 5.26 Å². The van der Waals surface area contributed by atoms with Gasteiger partial charge in [0.05, 0.1) is 12.0 Å². The minimum atomic E-state index is 0.159. The molecule has 0 amide bonds. The Morgan fingerprint density at radius 2 is 2.07 bits per heavy atom. The van der Waals surface area contributed by atoms with Crippen molar-refractivity contribution < 1.29 is 5.11 Å². The maximum Gasteiger partial charge on any atom is 0.0672 e. The molecule has 0 saturated heterocycles. The van der Waals surface area contributed by atoms with Crippen molar-refractivity contribution in [2.45, 2.75) is 51.6 Å². The number of aliphatic hydroxyl groups excluding tert-OH is 1. The van der Waals surface area contributed by atoms with Gasteiger partial charge in [0.15, 0.2) is 0 Å². The molecular formula is C12H22N2O. The van der Waals surface area contributed by atoms with Gasteiger partial charge in [0.25, 0.3) is 0 Å². The molecule has 0 heterocycles. The van der Waals surface area contributed by atoms with E-state index in [1.165, 1.54) is 12.8 Å². The fraction of sp³-hybridized carbons (Fsp3) is 0.917. The number of hydrogen-bond donors (Lipinski definition) is 2. The fourth-order valence-corrected chi connectivity index (χ4v) is 2.14. The number of hydrogen-bond acceptors (Lipinski definition) is 3. The van der Waals surface area contributed by atoms with Gasteiger partial charge in [0, 0.05) is 18.7 Å². The summed E-state index contributed by atoms with van der Waals surface area (Å²) in [7, 11) is 0. The summed E-state index contributed by atoms with van der Waals surface area (Å²) < 4.78 is 0. The highest BCUT2D eigenvalue weighted by Gasteiger charge is 2.26.